The van der Waals surface area contributed by atoms with Crippen molar-refractivity contribution in [2.75, 3.05) is 0 Å². The van der Waals surface area contributed by atoms with Crippen LogP contribution >= 0.6 is 41.2 Å². The first-order valence-electron chi connectivity index (χ1n) is 6.26. The van der Waals surface area contributed by atoms with E-state index in [0.29, 0.717) is 22.0 Å². The molecule has 0 bridgehead atoms. The highest BCUT2D eigenvalue weighted by Gasteiger charge is 2.10. The van der Waals surface area contributed by atoms with E-state index in [1.165, 1.54) is 0 Å². The summed E-state index contributed by atoms with van der Waals surface area (Å²) < 4.78 is 0.846. The smallest absolute Gasteiger partial charge is 0.189 e. The van der Waals surface area contributed by atoms with Crippen molar-refractivity contribution in [2.24, 2.45) is 0 Å². The molecule has 5 nitrogen and oxygen atoms in total. The highest BCUT2D eigenvalue weighted by Crippen LogP contribution is 2.25. The minimum atomic E-state index is 0.341. The average molecular weight is 392 g/mol. The van der Waals surface area contributed by atoms with Crippen LogP contribution in [-0.2, 0) is 0 Å². The van der Waals surface area contributed by atoms with Crippen molar-refractivity contribution in [3.8, 4) is 22.8 Å². The van der Waals surface area contributed by atoms with Crippen LogP contribution in [0.3, 0.4) is 0 Å². The number of halogens is 1. The molecule has 8 heteroatoms. The zero-order valence-corrected chi connectivity index (χ0v) is 14.8. The fourth-order valence-corrected chi connectivity index (χ4v) is 2.65. The molecule has 22 heavy (non-hydrogen) atoms. The molecule has 0 saturated carbocycles. The third-order valence-corrected chi connectivity index (χ3v) is 3.77. The molecule has 0 atom stereocenters. The van der Waals surface area contributed by atoms with Gasteiger partial charge in [0.2, 0.25) is 0 Å². The largest absolute Gasteiger partial charge is 0.235 e. The molecule has 0 aliphatic heterocycles. The number of nitrogens with zero attached hydrogens (tertiary/aromatic N) is 5. The second-order valence-electron chi connectivity index (χ2n) is 4.51. The normalized spacial score (nSPS) is 10.7. The third-order valence-electron chi connectivity index (χ3n) is 2.96. The highest BCUT2D eigenvalue weighted by atomic mass is 79.9. The van der Waals surface area contributed by atoms with Gasteiger partial charge in [0.15, 0.2) is 22.0 Å². The zero-order valence-electron chi connectivity index (χ0n) is 11.4. The monoisotopic (exact) mass is 391 g/mol. The second-order valence-corrected chi connectivity index (χ2v) is 6.23. The van der Waals surface area contributed by atoms with Crippen LogP contribution in [0.1, 0.15) is 5.56 Å². The molecular weight excluding hydrogens is 382 g/mol. The van der Waals surface area contributed by atoms with Crippen LogP contribution in [0.5, 0.6) is 0 Å². The van der Waals surface area contributed by atoms with E-state index < -0.39 is 0 Å². The topological polar surface area (TPSA) is 64.5 Å². The van der Waals surface area contributed by atoms with Crippen LogP contribution in [0.4, 0.5) is 0 Å². The van der Waals surface area contributed by atoms with E-state index >= 15 is 0 Å². The van der Waals surface area contributed by atoms with Crippen molar-refractivity contribution in [1.29, 1.82) is 0 Å². The van der Waals surface area contributed by atoms with Crippen LogP contribution in [0.15, 0.2) is 45.4 Å². The number of thiol groups is 2. The van der Waals surface area contributed by atoms with E-state index in [0.717, 1.165) is 21.2 Å². The second kappa shape index (κ2) is 6.31. The predicted molar refractivity (Wildman–Crippen MR) is 93.2 cm³/mol. The lowest BCUT2D eigenvalue weighted by molar-refractivity contribution is 0.816. The lowest BCUT2D eigenvalue weighted by Crippen LogP contribution is -1.96. The maximum absolute atomic E-state index is 4.32. The molecule has 0 radical (unpaired) electrons. The van der Waals surface area contributed by atoms with Gasteiger partial charge in [-0.15, -0.1) is 25.3 Å². The summed E-state index contributed by atoms with van der Waals surface area (Å²) in [6.07, 6.45) is 3.45. The number of aromatic nitrogens is 5. The lowest BCUT2D eigenvalue weighted by atomic mass is 10.0. The Balaban J connectivity index is 2.03. The Labute approximate surface area is 146 Å². The molecular formula is C14H10BrN5S2. The SMILES string of the molecule is Cc1cc(-c2nc(S)nc(S)n2)ccc1-c1ncc(Br)cn1. The Morgan fingerprint density at radius 3 is 2.14 bits per heavy atom. The van der Waals surface area contributed by atoms with Gasteiger partial charge in [0.05, 0.1) is 4.47 Å². The third kappa shape index (κ3) is 3.29. The fourth-order valence-electron chi connectivity index (χ4n) is 1.99. The molecule has 2 heterocycles. The van der Waals surface area contributed by atoms with Gasteiger partial charge in [-0.2, -0.15) is 4.98 Å². The van der Waals surface area contributed by atoms with E-state index in [1.807, 2.05) is 25.1 Å². The summed E-state index contributed by atoms with van der Waals surface area (Å²) in [6.45, 7) is 1.99. The Hall–Kier alpha value is -1.51. The number of benzene rings is 1. The van der Waals surface area contributed by atoms with Crippen LogP contribution in [0.25, 0.3) is 22.8 Å². The summed E-state index contributed by atoms with van der Waals surface area (Å²) in [7, 11) is 0. The van der Waals surface area contributed by atoms with Crippen molar-refractivity contribution in [1.82, 2.24) is 24.9 Å². The van der Waals surface area contributed by atoms with E-state index in [4.69, 9.17) is 0 Å². The van der Waals surface area contributed by atoms with E-state index in [2.05, 4.69) is 66.1 Å². The first-order valence-corrected chi connectivity index (χ1v) is 7.94. The van der Waals surface area contributed by atoms with Gasteiger partial charge in [0.25, 0.3) is 0 Å². The maximum Gasteiger partial charge on any atom is 0.189 e. The van der Waals surface area contributed by atoms with Crippen molar-refractivity contribution in [3.05, 3.63) is 40.6 Å². The Bertz CT molecular complexity index is 819. The molecule has 2 aromatic heterocycles. The molecule has 3 aromatic rings. The molecule has 0 unspecified atom stereocenters. The van der Waals surface area contributed by atoms with E-state index in [1.54, 1.807) is 12.4 Å². The minimum absolute atomic E-state index is 0.341. The molecule has 1 aromatic carbocycles. The minimum Gasteiger partial charge on any atom is -0.235 e. The molecule has 110 valence electrons. The molecule has 0 spiro atoms. The van der Waals surface area contributed by atoms with Gasteiger partial charge in [0.1, 0.15) is 0 Å². The van der Waals surface area contributed by atoms with Crippen molar-refractivity contribution >= 4 is 41.2 Å². The standard InChI is InChI=1S/C14H10BrN5S2/c1-7-4-8(11-18-13(21)20-14(22)19-11)2-3-10(7)12-16-5-9(15)6-17-12/h2-6H,1H3,(H2,18,19,20,21,22). The van der Waals surface area contributed by atoms with Gasteiger partial charge in [-0.1, -0.05) is 12.1 Å². The molecule has 0 aliphatic carbocycles. The van der Waals surface area contributed by atoms with Crippen molar-refractivity contribution in [2.45, 2.75) is 17.2 Å². The summed E-state index contributed by atoms with van der Waals surface area (Å²) in [5.74, 6) is 1.21. The van der Waals surface area contributed by atoms with Crippen LogP contribution in [-0.4, -0.2) is 24.9 Å². The van der Waals surface area contributed by atoms with Crippen molar-refractivity contribution in [3.63, 3.8) is 0 Å². The summed E-state index contributed by atoms with van der Waals surface area (Å²) in [4.78, 5) is 21.0. The van der Waals surface area contributed by atoms with Crippen molar-refractivity contribution < 1.29 is 0 Å². The predicted octanol–water partition coefficient (Wildman–Crippen LogP) is 3.64. The van der Waals surface area contributed by atoms with Crippen LogP contribution in [0, 0.1) is 6.92 Å². The van der Waals surface area contributed by atoms with Gasteiger partial charge in [0, 0.05) is 23.5 Å². The van der Waals surface area contributed by atoms with Gasteiger partial charge >= 0.3 is 0 Å². The number of hydrogen-bond donors (Lipinski definition) is 2. The van der Waals surface area contributed by atoms with E-state index in [-0.39, 0.29) is 0 Å². The zero-order chi connectivity index (χ0) is 15.7. The number of rotatable bonds is 2. The fraction of sp³-hybridized carbons (Fsp3) is 0.0714. The van der Waals surface area contributed by atoms with Gasteiger partial charge in [-0.3, -0.25) is 0 Å². The molecule has 0 amide bonds. The first kappa shape index (κ1) is 15.4. The number of aryl methyl sites for hydroxylation is 1. The lowest BCUT2D eigenvalue weighted by Gasteiger charge is -2.07. The van der Waals surface area contributed by atoms with Gasteiger partial charge in [-0.25, -0.2) is 19.9 Å². The summed E-state index contributed by atoms with van der Waals surface area (Å²) in [5.41, 5.74) is 2.86. The first-order chi connectivity index (χ1) is 10.5. The maximum atomic E-state index is 4.32. The Kier molecular flexibility index (Phi) is 4.42. The molecule has 0 saturated heterocycles. The quantitative estimate of drug-likeness (QED) is 0.652. The summed E-state index contributed by atoms with van der Waals surface area (Å²) >= 11 is 11.6. The molecule has 0 fully saturated rings. The molecule has 0 N–H and O–H groups in total. The highest BCUT2D eigenvalue weighted by molar-refractivity contribution is 9.10. The Morgan fingerprint density at radius 1 is 0.909 bits per heavy atom. The van der Waals surface area contributed by atoms with Crippen LogP contribution in [0.2, 0.25) is 0 Å². The van der Waals surface area contributed by atoms with Crippen LogP contribution < -0.4 is 0 Å². The van der Waals surface area contributed by atoms with Gasteiger partial charge in [-0.05, 0) is 34.5 Å². The molecule has 3 rings (SSSR count). The van der Waals surface area contributed by atoms with E-state index in [9.17, 15) is 0 Å². The van der Waals surface area contributed by atoms with Gasteiger partial charge < -0.3 is 0 Å². The average Bonchev–Trinajstić information content (AvgIpc) is 2.47. The summed E-state index contributed by atoms with van der Waals surface area (Å²) in [6, 6.07) is 5.86. The number of hydrogen-bond acceptors (Lipinski definition) is 7. The summed E-state index contributed by atoms with van der Waals surface area (Å²) in [5, 5.41) is 0.681. The molecule has 0 aliphatic rings. The Morgan fingerprint density at radius 2 is 1.55 bits per heavy atom.